The highest BCUT2D eigenvalue weighted by molar-refractivity contribution is 5.92. The number of nitrogens with zero attached hydrogens (tertiary/aromatic N) is 4. The van der Waals surface area contributed by atoms with E-state index >= 15 is 0 Å². The molecule has 1 aromatic heterocycles. The summed E-state index contributed by atoms with van der Waals surface area (Å²) in [6.07, 6.45) is 8.26. The molecule has 24 heavy (non-hydrogen) atoms. The molecule has 2 amide bonds. The predicted octanol–water partition coefficient (Wildman–Crippen LogP) is 0.720. The van der Waals surface area contributed by atoms with Gasteiger partial charge in [-0.2, -0.15) is 0 Å². The molecule has 7 heteroatoms. The Hall–Kier alpha value is -2.02. The number of rotatable bonds is 3. The maximum Gasteiger partial charge on any atom is 0.274 e. The zero-order valence-corrected chi connectivity index (χ0v) is 13.7. The van der Waals surface area contributed by atoms with Gasteiger partial charge in [0.25, 0.3) is 5.91 Å². The normalized spacial score (nSPS) is 25.8. The van der Waals surface area contributed by atoms with Crippen LogP contribution in [-0.2, 0) is 9.53 Å². The second kappa shape index (κ2) is 6.12. The van der Waals surface area contributed by atoms with Crippen molar-refractivity contribution in [3.8, 4) is 0 Å². The highest BCUT2D eigenvalue weighted by atomic mass is 16.5. The van der Waals surface area contributed by atoms with Crippen molar-refractivity contribution in [1.29, 1.82) is 0 Å². The van der Waals surface area contributed by atoms with Gasteiger partial charge in [-0.3, -0.25) is 14.6 Å². The number of hydrogen-bond acceptors (Lipinski definition) is 5. The van der Waals surface area contributed by atoms with Crippen molar-refractivity contribution in [2.75, 3.05) is 32.8 Å². The third kappa shape index (κ3) is 2.88. The van der Waals surface area contributed by atoms with Crippen LogP contribution in [0.2, 0.25) is 0 Å². The van der Waals surface area contributed by atoms with Gasteiger partial charge in [-0.1, -0.05) is 0 Å². The minimum atomic E-state index is -0.191. The van der Waals surface area contributed by atoms with Crippen molar-refractivity contribution in [2.24, 2.45) is 5.92 Å². The summed E-state index contributed by atoms with van der Waals surface area (Å²) >= 11 is 0. The molecular formula is C17H22N4O3. The van der Waals surface area contributed by atoms with Gasteiger partial charge in [-0.25, -0.2) is 4.98 Å². The lowest BCUT2D eigenvalue weighted by Gasteiger charge is -2.52. The minimum absolute atomic E-state index is 0.0814. The van der Waals surface area contributed by atoms with Gasteiger partial charge in [0, 0.05) is 37.8 Å². The van der Waals surface area contributed by atoms with Gasteiger partial charge in [0.1, 0.15) is 11.3 Å². The molecule has 0 unspecified atom stereocenters. The molecule has 3 aliphatic heterocycles. The molecule has 1 aromatic rings. The van der Waals surface area contributed by atoms with Crippen molar-refractivity contribution >= 4 is 11.8 Å². The van der Waals surface area contributed by atoms with E-state index in [9.17, 15) is 9.59 Å². The number of aromatic nitrogens is 2. The van der Waals surface area contributed by atoms with Gasteiger partial charge >= 0.3 is 0 Å². The van der Waals surface area contributed by atoms with Crippen LogP contribution in [0.3, 0.4) is 0 Å². The number of hydrogen-bond donors (Lipinski definition) is 0. The Labute approximate surface area is 141 Å². The van der Waals surface area contributed by atoms with Crippen LogP contribution in [0.15, 0.2) is 18.6 Å². The molecule has 3 aliphatic rings. The van der Waals surface area contributed by atoms with Crippen molar-refractivity contribution < 1.29 is 14.3 Å². The third-order valence-electron chi connectivity index (χ3n) is 5.31. The van der Waals surface area contributed by atoms with E-state index in [1.54, 1.807) is 11.1 Å². The van der Waals surface area contributed by atoms with Crippen LogP contribution in [0.25, 0.3) is 0 Å². The Morgan fingerprint density at radius 3 is 2.88 bits per heavy atom. The first-order valence-electron chi connectivity index (χ1n) is 8.62. The number of carbonyl (C=O) groups is 2. The first-order chi connectivity index (χ1) is 11.7. The molecule has 4 heterocycles. The molecule has 0 N–H and O–H groups in total. The molecule has 1 atom stereocenters. The van der Waals surface area contributed by atoms with Crippen LogP contribution in [0.1, 0.15) is 36.2 Å². The molecule has 0 radical (unpaired) electrons. The Kier molecular flexibility index (Phi) is 3.96. The lowest BCUT2D eigenvalue weighted by atomic mass is 9.82. The quantitative estimate of drug-likeness (QED) is 0.816. The topological polar surface area (TPSA) is 75.6 Å². The van der Waals surface area contributed by atoms with Crippen molar-refractivity contribution in [2.45, 2.75) is 31.3 Å². The Morgan fingerprint density at radius 2 is 2.25 bits per heavy atom. The number of likely N-dealkylation sites (tertiary alicyclic amines) is 2. The molecule has 3 fully saturated rings. The molecule has 0 saturated carbocycles. The first kappa shape index (κ1) is 15.5. The molecular weight excluding hydrogens is 308 g/mol. The van der Waals surface area contributed by atoms with Gasteiger partial charge in [0.05, 0.1) is 25.9 Å². The Morgan fingerprint density at radius 1 is 1.38 bits per heavy atom. The molecule has 3 saturated heterocycles. The maximum absolute atomic E-state index is 12.3. The van der Waals surface area contributed by atoms with Gasteiger partial charge < -0.3 is 14.5 Å². The standard InChI is InChI=1S/C17H22N4O3/c22-15-2-1-7-20(15)9-13-3-4-17(24-10-13)11-21(12-17)16(23)14-8-18-5-6-19-14/h5-6,8,13H,1-4,7,9-12H2/t13-/m0/s1. The number of carbonyl (C=O) groups excluding carboxylic acids is 2. The van der Waals surface area contributed by atoms with Crippen LogP contribution < -0.4 is 0 Å². The molecule has 1 spiro atoms. The molecule has 7 nitrogen and oxygen atoms in total. The van der Waals surface area contributed by atoms with E-state index in [1.807, 2.05) is 4.90 Å². The average molecular weight is 330 g/mol. The van der Waals surface area contributed by atoms with Crippen LogP contribution in [0, 0.1) is 5.92 Å². The fraction of sp³-hybridized carbons (Fsp3) is 0.647. The Bertz CT molecular complexity index is 620. The highest BCUT2D eigenvalue weighted by Crippen LogP contribution is 2.37. The van der Waals surface area contributed by atoms with E-state index in [0.717, 1.165) is 32.4 Å². The average Bonchev–Trinajstić information content (AvgIpc) is 2.99. The summed E-state index contributed by atoms with van der Waals surface area (Å²) in [6, 6.07) is 0. The lowest BCUT2D eigenvalue weighted by molar-refractivity contribution is -0.169. The van der Waals surface area contributed by atoms with E-state index in [4.69, 9.17) is 4.74 Å². The summed E-state index contributed by atoms with van der Waals surface area (Å²) in [5.41, 5.74) is 0.192. The summed E-state index contributed by atoms with van der Waals surface area (Å²) in [7, 11) is 0. The fourth-order valence-electron chi connectivity index (χ4n) is 3.88. The Balaban J connectivity index is 1.27. The van der Waals surface area contributed by atoms with Gasteiger partial charge in [0.2, 0.25) is 5.91 Å². The summed E-state index contributed by atoms with van der Waals surface area (Å²) in [5.74, 6) is 0.615. The monoisotopic (exact) mass is 330 g/mol. The third-order valence-corrected chi connectivity index (χ3v) is 5.31. The zero-order chi connectivity index (χ0) is 16.6. The van der Waals surface area contributed by atoms with E-state index < -0.39 is 0 Å². The first-order valence-corrected chi connectivity index (χ1v) is 8.62. The zero-order valence-electron chi connectivity index (χ0n) is 13.7. The largest absolute Gasteiger partial charge is 0.371 e. The van der Waals surface area contributed by atoms with Crippen LogP contribution in [-0.4, -0.2) is 70.0 Å². The van der Waals surface area contributed by atoms with E-state index in [0.29, 0.717) is 37.7 Å². The number of amides is 2. The predicted molar refractivity (Wildman–Crippen MR) is 85.2 cm³/mol. The second-order valence-electron chi connectivity index (χ2n) is 7.09. The maximum atomic E-state index is 12.3. The second-order valence-corrected chi connectivity index (χ2v) is 7.09. The van der Waals surface area contributed by atoms with Gasteiger partial charge in [0.15, 0.2) is 0 Å². The van der Waals surface area contributed by atoms with Crippen molar-refractivity contribution in [3.63, 3.8) is 0 Å². The van der Waals surface area contributed by atoms with Crippen LogP contribution in [0.4, 0.5) is 0 Å². The van der Waals surface area contributed by atoms with Crippen molar-refractivity contribution in [1.82, 2.24) is 19.8 Å². The van der Waals surface area contributed by atoms with Gasteiger partial charge in [-0.05, 0) is 19.3 Å². The number of ether oxygens (including phenoxy) is 1. The smallest absolute Gasteiger partial charge is 0.274 e. The summed E-state index contributed by atoms with van der Waals surface area (Å²) < 4.78 is 6.11. The van der Waals surface area contributed by atoms with Crippen LogP contribution in [0.5, 0.6) is 0 Å². The minimum Gasteiger partial charge on any atom is -0.371 e. The fourth-order valence-corrected chi connectivity index (χ4v) is 3.88. The molecule has 0 aliphatic carbocycles. The molecule has 4 rings (SSSR count). The molecule has 0 bridgehead atoms. The SMILES string of the molecule is O=C1CCCN1C[C@@H]1CCC2(CN(C(=O)c3cnccn3)C2)OC1. The molecule has 128 valence electrons. The van der Waals surface area contributed by atoms with Crippen LogP contribution >= 0.6 is 0 Å². The van der Waals surface area contributed by atoms with Crippen molar-refractivity contribution in [3.05, 3.63) is 24.3 Å². The van der Waals surface area contributed by atoms with Gasteiger partial charge in [-0.15, -0.1) is 0 Å². The highest BCUT2D eigenvalue weighted by Gasteiger charge is 2.49. The molecule has 0 aromatic carbocycles. The summed E-state index contributed by atoms with van der Waals surface area (Å²) in [5, 5.41) is 0. The summed E-state index contributed by atoms with van der Waals surface area (Å²) in [6.45, 7) is 3.63. The van der Waals surface area contributed by atoms with E-state index in [-0.39, 0.29) is 17.4 Å². The van der Waals surface area contributed by atoms with E-state index in [2.05, 4.69) is 9.97 Å². The lowest BCUT2D eigenvalue weighted by Crippen LogP contribution is -2.66. The van der Waals surface area contributed by atoms with E-state index in [1.165, 1.54) is 12.4 Å². The summed E-state index contributed by atoms with van der Waals surface area (Å²) in [4.78, 5) is 35.8.